The van der Waals surface area contributed by atoms with Crippen molar-refractivity contribution in [3.8, 4) is 0 Å². The number of benzene rings is 3. The summed E-state index contributed by atoms with van der Waals surface area (Å²) < 4.78 is 0. The van der Waals surface area contributed by atoms with Crippen molar-refractivity contribution in [1.29, 1.82) is 0 Å². The first-order chi connectivity index (χ1) is 13.6. The van der Waals surface area contributed by atoms with E-state index in [1.54, 1.807) is 18.3 Å². The van der Waals surface area contributed by atoms with Gasteiger partial charge in [-0.3, -0.25) is 4.79 Å². The first-order valence-electron chi connectivity index (χ1n) is 8.88. The van der Waals surface area contributed by atoms with Crippen molar-refractivity contribution >= 4 is 28.3 Å². The Hall–Kier alpha value is -3.86. The van der Waals surface area contributed by atoms with Crippen LogP contribution in [-0.4, -0.2) is 21.8 Å². The van der Waals surface area contributed by atoms with Crippen LogP contribution in [0.1, 0.15) is 32.3 Å². The summed E-state index contributed by atoms with van der Waals surface area (Å²) in [5.41, 5.74) is 3.02. The monoisotopic (exact) mass is 370 g/mol. The highest BCUT2D eigenvalue weighted by Gasteiger charge is 2.24. The van der Waals surface area contributed by atoms with Crippen LogP contribution in [0.3, 0.4) is 0 Å². The number of para-hydroxylation sites is 1. The third-order valence-electron chi connectivity index (χ3n) is 4.67. The van der Waals surface area contributed by atoms with Crippen LogP contribution in [0.5, 0.6) is 0 Å². The Balaban J connectivity index is 1.75. The molecular weight excluding hydrogens is 352 g/mol. The summed E-state index contributed by atoms with van der Waals surface area (Å²) in [6, 6.07) is 22.9. The number of aromatic carboxylic acids is 1. The molecule has 5 heteroatoms. The Morgan fingerprint density at radius 3 is 2.43 bits per heavy atom. The van der Waals surface area contributed by atoms with Crippen molar-refractivity contribution in [3.63, 3.8) is 0 Å². The lowest BCUT2D eigenvalue weighted by Gasteiger charge is -2.19. The van der Waals surface area contributed by atoms with E-state index in [-0.39, 0.29) is 11.3 Å². The summed E-state index contributed by atoms with van der Waals surface area (Å²) in [7, 11) is 0. The molecule has 0 aliphatic carbocycles. The van der Waals surface area contributed by atoms with E-state index in [1.165, 1.54) is 12.1 Å². The zero-order valence-electron chi connectivity index (χ0n) is 14.9. The average molecular weight is 370 g/mol. The van der Waals surface area contributed by atoms with Gasteiger partial charge in [0.25, 0.3) is 0 Å². The number of ketones is 1. The van der Waals surface area contributed by atoms with Crippen molar-refractivity contribution in [2.24, 2.45) is 0 Å². The van der Waals surface area contributed by atoms with Gasteiger partial charge in [-0.25, -0.2) is 4.79 Å². The molecule has 3 N–H and O–H groups in total. The molecule has 0 bridgehead atoms. The molecule has 4 rings (SSSR count). The Morgan fingerprint density at radius 1 is 0.893 bits per heavy atom. The number of anilines is 1. The molecule has 1 heterocycles. The molecule has 0 fully saturated rings. The van der Waals surface area contributed by atoms with Crippen molar-refractivity contribution in [2.75, 3.05) is 5.32 Å². The molecule has 0 amide bonds. The number of hydrogen-bond acceptors (Lipinski definition) is 3. The van der Waals surface area contributed by atoms with Gasteiger partial charge in [-0.05, 0) is 29.8 Å². The van der Waals surface area contributed by atoms with Crippen molar-refractivity contribution in [2.45, 2.75) is 6.04 Å². The molecule has 1 atom stereocenters. The maximum Gasteiger partial charge on any atom is 0.335 e. The van der Waals surface area contributed by atoms with Crippen molar-refractivity contribution in [1.82, 2.24) is 4.98 Å². The predicted molar refractivity (Wildman–Crippen MR) is 109 cm³/mol. The summed E-state index contributed by atoms with van der Waals surface area (Å²) in [6.45, 7) is 0. The number of aromatic nitrogens is 1. The second kappa shape index (κ2) is 7.40. The summed E-state index contributed by atoms with van der Waals surface area (Å²) in [6.07, 6.45) is 1.72. The molecular formula is C23H18N2O3. The number of H-pyrrole nitrogens is 1. The Kier molecular flexibility index (Phi) is 4.64. The molecule has 138 valence electrons. The van der Waals surface area contributed by atoms with Crippen LogP contribution < -0.4 is 5.32 Å². The zero-order valence-corrected chi connectivity index (χ0v) is 14.9. The lowest BCUT2D eigenvalue weighted by Crippen LogP contribution is -2.21. The van der Waals surface area contributed by atoms with Crippen molar-refractivity contribution < 1.29 is 14.7 Å². The number of carboxylic acids is 1. The SMILES string of the molecule is O=C(O)c1cccc(NC(C(=O)c2c[nH]c3ccccc23)c2ccccc2)c1. The van der Waals surface area contributed by atoms with Crippen LogP contribution >= 0.6 is 0 Å². The number of hydrogen-bond donors (Lipinski definition) is 3. The molecule has 0 aliphatic rings. The summed E-state index contributed by atoms with van der Waals surface area (Å²) in [4.78, 5) is 27.9. The molecule has 0 saturated carbocycles. The first kappa shape index (κ1) is 17.5. The Labute approximate surface area is 161 Å². The second-order valence-electron chi connectivity index (χ2n) is 6.49. The van der Waals surface area contributed by atoms with Crippen LogP contribution in [0.15, 0.2) is 85.1 Å². The maximum atomic E-state index is 13.4. The normalized spacial score (nSPS) is 11.9. The van der Waals surface area contributed by atoms with Crippen LogP contribution in [-0.2, 0) is 0 Å². The summed E-state index contributed by atoms with van der Waals surface area (Å²) in [5.74, 6) is -1.10. The molecule has 0 radical (unpaired) electrons. The van der Waals surface area contributed by atoms with Gasteiger partial charge in [-0.1, -0.05) is 54.6 Å². The van der Waals surface area contributed by atoms with Gasteiger partial charge in [-0.15, -0.1) is 0 Å². The van der Waals surface area contributed by atoms with E-state index in [4.69, 9.17) is 0 Å². The molecule has 28 heavy (non-hydrogen) atoms. The predicted octanol–water partition coefficient (Wildman–Crippen LogP) is 4.90. The molecule has 0 saturated heterocycles. The number of carbonyl (C=O) groups excluding carboxylic acids is 1. The second-order valence-corrected chi connectivity index (χ2v) is 6.49. The van der Waals surface area contributed by atoms with Crippen LogP contribution in [0.2, 0.25) is 0 Å². The number of carboxylic acid groups (broad SMARTS) is 1. The van der Waals surface area contributed by atoms with Gasteiger partial charge in [-0.2, -0.15) is 0 Å². The fourth-order valence-corrected chi connectivity index (χ4v) is 3.29. The van der Waals surface area contributed by atoms with Gasteiger partial charge in [0, 0.05) is 28.4 Å². The van der Waals surface area contributed by atoms with E-state index >= 15 is 0 Å². The van der Waals surface area contributed by atoms with Gasteiger partial charge >= 0.3 is 5.97 Å². The molecule has 1 unspecified atom stereocenters. The number of rotatable bonds is 6. The zero-order chi connectivity index (χ0) is 19.5. The quantitative estimate of drug-likeness (QED) is 0.422. The van der Waals surface area contributed by atoms with E-state index in [9.17, 15) is 14.7 Å². The molecule has 0 spiro atoms. The minimum absolute atomic E-state index is 0.0932. The lowest BCUT2D eigenvalue weighted by molar-refractivity contribution is 0.0696. The fourth-order valence-electron chi connectivity index (χ4n) is 3.29. The number of nitrogens with one attached hydrogen (secondary N) is 2. The molecule has 5 nitrogen and oxygen atoms in total. The lowest BCUT2D eigenvalue weighted by atomic mass is 9.96. The Bertz CT molecular complexity index is 1150. The first-order valence-corrected chi connectivity index (χ1v) is 8.88. The largest absolute Gasteiger partial charge is 0.478 e. The van der Waals surface area contributed by atoms with Crippen LogP contribution in [0, 0.1) is 0 Å². The van der Waals surface area contributed by atoms with Gasteiger partial charge in [0.2, 0.25) is 0 Å². The van der Waals surface area contributed by atoms with Gasteiger partial charge in [0.05, 0.1) is 5.56 Å². The Morgan fingerprint density at radius 2 is 1.64 bits per heavy atom. The van der Waals surface area contributed by atoms with E-state index in [0.717, 1.165) is 16.5 Å². The topological polar surface area (TPSA) is 82.2 Å². The molecule has 0 aliphatic heterocycles. The van der Waals surface area contributed by atoms with Gasteiger partial charge in [0.15, 0.2) is 5.78 Å². The highest BCUT2D eigenvalue weighted by atomic mass is 16.4. The van der Waals surface area contributed by atoms with Crippen LogP contribution in [0.4, 0.5) is 5.69 Å². The maximum absolute atomic E-state index is 13.4. The number of carbonyl (C=O) groups is 2. The number of fused-ring (bicyclic) bond motifs is 1. The van der Waals surface area contributed by atoms with E-state index in [1.807, 2.05) is 54.6 Å². The number of Topliss-reactive ketones (excluding diaryl/α,β-unsaturated/α-hetero) is 1. The third kappa shape index (κ3) is 3.38. The average Bonchev–Trinajstić information content (AvgIpc) is 3.16. The standard InChI is InChI=1S/C23H18N2O3/c26-22(19-14-24-20-12-5-4-11-18(19)20)21(15-7-2-1-3-8-15)25-17-10-6-9-16(13-17)23(27)28/h1-14,21,24-25H,(H,27,28). The fraction of sp³-hybridized carbons (Fsp3) is 0.0435. The van der Waals surface area contributed by atoms with E-state index in [0.29, 0.717) is 11.3 Å². The third-order valence-corrected chi connectivity index (χ3v) is 4.67. The highest BCUT2D eigenvalue weighted by Crippen LogP contribution is 2.28. The summed E-state index contributed by atoms with van der Waals surface area (Å²) in [5, 5.41) is 13.3. The highest BCUT2D eigenvalue weighted by molar-refractivity contribution is 6.11. The van der Waals surface area contributed by atoms with E-state index < -0.39 is 12.0 Å². The van der Waals surface area contributed by atoms with Crippen LogP contribution in [0.25, 0.3) is 10.9 Å². The minimum Gasteiger partial charge on any atom is -0.478 e. The summed E-state index contributed by atoms with van der Waals surface area (Å²) >= 11 is 0. The van der Waals surface area contributed by atoms with Gasteiger partial charge in [0.1, 0.15) is 6.04 Å². The smallest absolute Gasteiger partial charge is 0.335 e. The molecule has 3 aromatic carbocycles. The minimum atomic E-state index is -1.01. The van der Waals surface area contributed by atoms with Gasteiger partial charge < -0.3 is 15.4 Å². The van der Waals surface area contributed by atoms with Crippen molar-refractivity contribution in [3.05, 3.63) is 102 Å². The molecule has 4 aromatic rings. The van der Waals surface area contributed by atoms with E-state index in [2.05, 4.69) is 10.3 Å². The number of aromatic amines is 1. The molecule has 1 aromatic heterocycles.